The molecule has 7 nitrogen and oxygen atoms in total. The Balaban J connectivity index is 1.86. The molecule has 0 aromatic carbocycles. The monoisotopic (exact) mass is 551 g/mol. The highest BCUT2D eigenvalue weighted by molar-refractivity contribution is 8.77. The number of esters is 1. The van der Waals surface area contributed by atoms with Gasteiger partial charge < -0.3 is 13.9 Å². The van der Waals surface area contributed by atoms with Crippen molar-refractivity contribution in [3.8, 4) is 0 Å². The van der Waals surface area contributed by atoms with E-state index in [9.17, 15) is 14.4 Å². The van der Waals surface area contributed by atoms with Crippen molar-refractivity contribution in [2.45, 2.75) is 114 Å². The second-order valence-electron chi connectivity index (χ2n) is 10.9. The van der Waals surface area contributed by atoms with Crippen LogP contribution in [0.3, 0.4) is 0 Å². The lowest BCUT2D eigenvalue weighted by Crippen LogP contribution is -2.54. The van der Waals surface area contributed by atoms with Crippen molar-refractivity contribution in [3.05, 3.63) is 0 Å². The van der Waals surface area contributed by atoms with Gasteiger partial charge in [0.15, 0.2) is 0 Å². The van der Waals surface area contributed by atoms with Crippen molar-refractivity contribution < 1.29 is 28.3 Å². The molecular weight excluding hydrogens is 511 g/mol. The molecule has 0 aromatic rings. The van der Waals surface area contributed by atoms with Gasteiger partial charge in [-0.2, -0.15) is 0 Å². The molecule has 2 unspecified atom stereocenters. The zero-order chi connectivity index (χ0) is 25.7. The minimum atomic E-state index is -2.35. The van der Waals surface area contributed by atoms with Gasteiger partial charge in [0.1, 0.15) is 6.04 Å². The van der Waals surface area contributed by atoms with Crippen LogP contribution < -0.4 is 0 Å². The van der Waals surface area contributed by atoms with E-state index < -0.39 is 37.5 Å². The predicted octanol–water partition coefficient (Wildman–Crippen LogP) is 6.43. The Hall–Kier alpha value is -0.523. The van der Waals surface area contributed by atoms with E-state index in [1.54, 1.807) is 0 Å². The maximum atomic E-state index is 13.2. The van der Waals surface area contributed by atoms with Gasteiger partial charge >= 0.3 is 18.0 Å². The van der Waals surface area contributed by atoms with Crippen LogP contribution in [-0.2, 0) is 23.5 Å². The molecule has 196 valence electrons. The Bertz CT molecular complexity index is 737. The van der Waals surface area contributed by atoms with Crippen LogP contribution in [0.1, 0.15) is 73.6 Å². The van der Waals surface area contributed by atoms with Crippen LogP contribution in [0.2, 0.25) is 18.1 Å². The standard InChI is InChI=1S/C23H41NO6S3Si/c1-16(28-18(25)12-10-9-11-17-13-14-32-33-17)29-21(27)24-15-31-23(5,6)19(24)20(26)30-34(7,8)22(2,3)4/h16-17,19H,9-15H2,1-8H3/t16?,17-,19?/m0/s1. The third kappa shape index (κ3) is 8.26. The van der Waals surface area contributed by atoms with E-state index in [1.807, 2.05) is 48.5 Å². The lowest BCUT2D eigenvalue weighted by molar-refractivity contribution is -0.167. The van der Waals surface area contributed by atoms with Crippen molar-refractivity contribution in [1.29, 1.82) is 0 Å². The van der Waals surface area contributed by atoms with Gasteiger partial charge in [0.25, 0.3) is 8.32 Å². The number of hydrogen-bond acceptors (Lipinski definition) is 9. The van der Waals surface area contributed by atoms with E-state index in [0.717, 1.165) is 19.3 Å². The Morgan fingerprint density at radius 1 is 1.15 bits per heavy atom. The maximum absolute atomic E-state index is 13.2. The number of unbranched alkanes of at least 4 members (excludes halogenated alkanes) is 1. The van der Waals surface area contributed by atoms with Crippen molar-refractivity contribution >= 4 is 59.7 Å². The maximum Gasteiger partial charge on any atom is 0.414 e. The summed E-state index contributed by atoms with van der Waals surface area (Å²) < 4.78 is 16.2. The first-order valence-corrected chi connectivity index (χ1v) is 18.2. The molecule has 0 radical (unpaired) electrons. The van der Waals surface area contributed by atoms with E-state index in [-0.39, 0.29) is 11.0 Å². The number of thioether (sulfide) groups is 1. The van der Waals surface area contributed by atoms with Crippen LogP contribution >= 0.6 is 33.3 Å². The third-order valence-electron chi connectivity index (χ3n) is 6.61. The van der Waals surface area contributed by atoms with Crippen molar-refractivity contribution in [3.63, 3.8) is 0 Å². The van der Waals surface area contributed by atoms with Crippen molar-refractivity contribution in [2.24, 2.45) is 0 Å². The molecule has 2 saturated heterocycles. The minimum absolute atomic E-state index is 0.137. The molecule has 0 spiro atoms. The smallest absolute Gasteiger partial charge is 0.414 e. The average Bonchev–Trinajstić information content (AvgIpc) is 3.30. The highest BCUT2D eigenvalue weighted by Crippen LogP contribution is 2.43. The fourth-order valence-electron chi connectivity index (χ4n) is 3.48. The molecule has 0 aliphatic carbocycles. The summed E-state index contributed by atoms with van der Waals surface area (Å²) in [5.74, 6) is 0.740. The summed E-state index contributed by atoms with van der Waals surface area (Å²) in [7, 11) is 1.51. The topological polar surface area (TPSA) is 82.1 Å². The molecule has 2 heterocycles. The predicted molar refractivity (Wildman–Crippen MR) is 144 cm³/mol. The first kappa shape index (κ1) is 29.7. The largest absolute Gasteiger partial charge is 0.518 e. The molecule has 2 fully saturated rings. The van der Waals surface area contributed by atoms with Gasteiger partial charge in [-0.3, -0.25) is 14.5 Å². The molecule has 2 aliphatic heterocycles. The SMILES string of the molecule is CC(OC(=O)CCCC[C@H]1CCSS1)OC(=O)N1CSC(C)(C)C1C(=O)O[Si](C)(C)C(C)(C)C. The summed E-state index contributed by atoms with van der Waals surface area (Å²) in [6.07, 6.45) is 2.71. The van der Waals surface area contributed by atoms with Crippen LogP contribution in [0.4, 0.5) is 4.79 Å². The van der Waals surface area contributed by atoms with E-state index >= 15 is 0 Å². The molecule has 0 saturated carbocycles. The van der Waals surface area contributed by atoms with Gasteiger partial charge in [0, 0.05) is 29.1 Å². The number of hydrogen-bond donors (Lipinski definition) is 0. The molecule has 3 atom stereocenters. The van der Waals surface area contributed by atoms with Crippen LogP contribution in [0, 0.1) is 0 Å². The van der Waals surface area contributed by atoms with Gasteiger partial charge in [0.05, 0.1) is 5.88 Å². The number of carbonyl (C=O) groups excluding carboxylic acids is 3. The summed E-state index contributed by atoms with van der Waals surface area (Å²) in [6, 6.07) is -0.770. The lowest BCUT2D eigenvalue weighted by atomic mass is 10.0. The van der Waals surface area contributed by atoms with Gasteiger partial charge in [0.2, 0.25) is 6.29 Å². The minimum Gasteiger partial charge on any atom is -0.518 e. The van der Waals surface area contributed by atoms with Crippen LogP contribution in [0.5, 0.6) is 0 Å². The lowest BCUT2D eigenvalue weighted by Gasteiger charge is -2.38. The Labute approximate surface area is 218 Å². The number of nitrogens with zero attached hydrogens (tertiary/aromatic N) is 1. The number of amides is 1. The van der Waals surface area contributed by atoms with Gasteiger partial charge in [-0.1, -0.05) is 48.8 Å². The molecular formula is C23H41NO6S3Si. The Morgan fingerprint density at radius 2 is 1.82 bits per heavy atom. The van der Waals surface area contributed by atoms with E-state index in [4.69, 9.17) is 13.9 Å². The van der Waals surface area contributed by atoms with Gasteiger partial charge in [-0.05, 0) is 51.2 Å². The number of ether oxygens (including phenoxy) is 2. The zero-order valence-corrected chi connectivity index (χ0v) is 25.3. The van der Waals surface area contributed by atoms with Crippen LogP contribution in [0.15, 0.2) is 0 Å². The van der Waals surface area contributed by atoms with E-state index in [2.05, 4.69) is 20.8 Å². The summed E-state index contributed by atoms with van der Waals surface area (Å²) in [6.45, 7) is 15.6. The summed E-state index contributed by atoms with van der Waals surface area (Å²) in [4.78, 5) is 39.7. The number of rotatable bonds is 9. The quantitative estimate of drug-likeness (QED) is 0.106. The van der Waals surface area contributed by atoms with E-state index in [0.29, 0.717) is 17.5 Å². The first-order chi connectivity index (χ1) is 15.6. The first-order valence-electron chi connectivity index (χ1n) is 12.0. The van der Waals surface area contributed by atoms with Gasteiger partial charge in [-0.15, -0.1) is 11.8 Å². The van der Waals surface area contributed by atoms with Crippen molar-refractivity contribution in [2.75, 3.05) is 11.6 Å². The molecule has 11 heteroatoms. The summed E-state index contributed by atoms with van der Waals surface area (Å²) >= 11 is 1.50. The second-order valence-corrected chi connectivity index (χ2v) is 20.1. The summed E-state index contributed by atoms with van der Waals surface area (Å²) in [5.41, 5.74) is 0. The average molecular weight is 552 g/mol. The van der Waals surface area contributed by atoms with Crippen LogP contribution in [-0.4, -0.2) is 65.2 Å². The molecule has 0 aromatic heterocycles. The van der Waals surface area contributed by atoms with E-state index in [1.165, 1.54) is 35.8 Å². The zero-order valence-electron chi connectivity index (χ0n) is 21.8. The Morgan fingerprint density at radius 3 is 2.41 bits per heavy atom. The number of carbonyl (C=O) groups is 3. The second kappa shape index (κ2) is 12.1. The normalized spacial score (nSPS) is 23.5. The molecule has 2 aliphatic rings. The molecule has 34 heavy (non-hydrogen) atoms. The summed E-state index contributed by atoms with van der Waals surface area (Å²) in [5, 5.41) is 0.557. The molecule has 0 bridgehead atoms. The molecule has 0 N–H and O–H groups in total. The molecule has 2 rings (SSSR count). The molecule has 1 amide bonds. The fourth-order valence-corrected chi connectivity index (χ4v) is 8.53. The highest BCUT2D eigenvalue weighted by atomic mass is 33.1. The van der Waals surface area contributed by atoms with Crippen LogP contribution in [0.25, 0.3) is 0 Å². The Kier molecular flexibility index (Phi) is 10.6. The fraction of sp³-hybridized carbons (Fsp3) is 0.870. The van der Waals surface area contributed by atoms with Crippen molar-refractivity contribution in [1.82, 2.24) is 4.90 Å². The third-order valence-corrected chi connectivity index (χ3v) is 15.3. The highest BCUT2D eigenvalue weighted by Gasteiger charge is 2.52. The van der Waals surface area contributed by atoms with Gasteiger partial charge in [-0.25, -0.2) is 4.79 Å².